The van der Waals surface area contributed by atoms with Crippen molar-refractivity contribution in [2.75, 3.05) is 57.3 Å². The zero-order valence-electron chi connectivity index (χ0n) is 19.5. The molecule has 2 saturated heterocycles. The molecule has 0 aromatic heterocycles. The third-order valence-corrected chi connectivity index (χ3v) is 6.81. The summed E-state index contributed by atoms with van der Waals surface area (Å²) in [5.41, 5.74) is 3.78. The maximum absolute atomic E-state index is 13.0. The number of piperazine rings is 1. The average Bonchev–Trinajstić information content (AvgIpc) is 3.34. The molecule has 2 aromatic rings. The highest BCUT2D eigenvalue weighted by Gasteiger charge is 2.29. The molecule has 2 fully saturated rings. The van der Waals surface area contributed by atoms with Crippen LogP contribution >= 0.6 is 0 Å². The van der Waals surface area contributed by atoms with Crippen molar-refractivity contribution >= 4 is 11.6 Å². The second-order valence-corrected chi connectivity index (χ2v) is 9.22. The van der Waals surface area contributed by atoms with Crippen molar-refractivity contribution in [3.8, 4) is 0 Å². The van der Waals surface area contributed by atoms with E-state index in [0.29, 0.717) is 0 Å². The zero-order valence-corrected chi connectivity index (χ0v) is 19.5. The molecule has 4 rings (SSSR count). The quantitative estimate of drug-likeness (QED) is 0.609. The molecule has 0 saturated carbocycles. The second-order valence-electron chi connectivity index (χ2n) is 9.22. The fourth-order valence-electron chi connectivity index (χ4n) is 4.99. The van der Waals surface area contributed by atoms with Gasteiger partial charge in [-0.15, -0.1) is 0 Å². The van der Waals surface area contributed by atoms with Crippen LogP contribution in [-0.2, 0) is 4.79 Å². The molecule has 5 nitrogen and oxygen atoms in total. The Kier molecular flexibility index (Phi) is 8.18. The Bertz CT molecular complexity index is 842. The molecule has 2 aliphatic heterocycles. The fourth-order valence-corrected chi connectivity index (χ4v) is 4.99. The Hall–Kier alpha value is -2.37. The van der Waals surface area contributed by atoms with Crippen LogP contribution in [0.1, 0.15) is 42.9 Å². The number of nitrogens with zero attached hydrogens (tertiary/aromatic N) is 3. The van der Waals surface area contributed by atoms with Crippen LogP contribution in [0, 0.1) is 6.92 Å². The molecule has 2 aromatic carbocycles. The Labute approximate surface area is 193 Å². The van der Waals surface area contributed by atoms with Gasteiger partial charge in [0.2, 0.25) is 5.91 Å². The van der Waals surface area contributed by atoms with Gasteiger partial charge in [-0.05, 0) is 75.5 Å². The predicted molar refractivity (Wildman–Crippen MR) is 132 cm³/mol. The van der Waals surface area contributed by atoms with Gasteiger partial charge in [-0.25, -0.2) is 0 Å². The van der Waals surface area contributed by atoms with E-state index in [9.17, 15) is 4.79 Å². The molecule has 5 heteroatoms. The molecule has 2 aliphatic rings. The number of rotatable bonds is 9. The number of nitrogens with one attached hydrogen (secondary N) is 1. The normalized spacial score (nSPS) is 18.6. The Balaban J connectivity index is 1.16. The lowest BCUT2D eigenvalue weighted by molar-refractivity contribution is -0.126. The van der Waals surface area contributed by atoms with Gasteiger partial charge in [-0.1, -0.05) is 42.5 Å². The summed E-state index contributed by atoms with van der Waals surface area (Å²) in [6.45, 7) is 10.5. The van der Waals surface area contributed by atoms with Gasteiger partial charge < -0.3 is 10.2 Å². The van der Waals surface area contributed by atoms with E-state index in [2.05, 4.69) is 63.3 Å². The first-order valence-corrected chi connectivity index (χ1v) is 12.3. The van der Waals surface area contributed by atoms with Crippen LogP contribution in [0.5, 0.6) is 0 Å². The lowest BCUT2D eigenvalue weighted by atomic mass is 10.0. The molecule has 1 amide bonds. The van der Waals surface area contributed by atoms with E-state index in [1.54, 1.807) is 0 Å². The molecule has 2 heterocycles. The molecule has 32 heavy (non-hydrogen) atoms. The smallest absolute Gasteiger partial charge is 0.241 e. The topological polar surface area (TPSA) is 38.8 Å². The first kappa shape index (κ1) is 22.8. The van der Waals surface area contributed by atoms with E-state index in [0.717, 1.165) is 70.8 Å². The minimum absolute atomic E-state index is 0.145. The van der Waals surface area contributed by atoms with Crippen molar-refractivity contribution in [2.45, 2.75) is 38.6 Å². The monoisotopic (exact) mass is 434 g/mol. The van der Waals surface area contributed by atoms with E-state index in [1.165, 1.54) is 24.1 Å². The number of carbonyl (C=O) groups is 1. The van der Waals surface area contributed by atoms with Crippen molar-refractivity contribution in [1.29, 1.82) is 0 Å². The molecule has 0 bridgehead atoms. The van der Waals surface area contributed by atoms with E-state index in [1.807, 2.05) is 18.2 Å². The summed E-state index contributed by atoms with van der Waals surface area (Å²) in [7, 11) is 0. The largest absolute Gasteiger partial charge is 0.369 e. The molecule has 1 atom stereocenters. The number of amides is 1. The first-order valence-electron chi connectivity index (χ1n) is 12.3. The number of aryl methyl sites for hydroxylation is 1. The maximum atomic E-state index is 13.0. The maximum Gasteiger partial charge on any atom is 0.241 e. The summed E-state index contributed by atoms with van der Waals surface area (Å²) in [5.74, 6) is 0.157. The molecule has 0 aliphatic carbocycles. The standard InChI is InChI=1S/C27H38N4O/c1-23-10-9-13-25(22-23)30-20-18-29(19-21-30)15-6-5-14-28-27(32)26(31-16-7-8-17-31)24-11-3-2-4-12-24/h2-4,9-13,22,26H,5-8,14-21H2,1H3,(H,28,32)/t26-/m1/s1. The van der Waals surface area contributed by atoms with Crippen LogP contribution < -0.4 is 10.2 Å². The van der Waals surface area contributed by atoms with Crippen molar-refractivity contribution in [1.82, 2.24) is 15.1 Å². The number of likely N-dealkylation sites (tertiary alicyclic amines) is 1. The SMILES string of the molecule is Cc1cccc(N2CCN(CCCCNC(=O)[C@@H](c3ccccc3)N3CCCC3)CC2)c1. The molecule has 1 N–H and O–H groups in total. The molecule has 172 valence electrons. The average molecular weight is 435 g/mol. The summed E-state index contributed by atoms with van der Waals surface area (Å²) in [5, 5.41) is 3.22. The van der Waals surface area contributed by atoms with Gasteiger partial charge in [0.05, 0.1) is 0 Å². The van der Waals surface area contributed by atoms with Gasteiger partial charge in [0.15, 0.2) is 0 Å². The number of unbranched alkanes of at least 4 members (excludes halogenated alkanes) is 1. The van der Waals surface area contributed by atoms with Gasteiger partial charge in [0, 0.05) is 38.4 Å². The Morgan fingerprint density at radius 1 is 0.906 bits per heavy atom. The molecule has 0 radical (unpaired) electrons. The van der Waals surface area contributed by atoms with Gasteiger partial charge in [-0.2, -0.15) is 0 Å². The van der Waals surface area contributed by atoms with Crippen molar-refractivity contribution in [2.24, 2.45) is 0 Å². The van der Waals surface area contributed by atoms with Crippen LogP contribution in [0.4, 0.5) is 5.69 Å². The highest BCUT2D eigenvalue weighted by Crippen LogP contribution is 2.25. The van der Waals surface area contributed by atoms with Gasteiger partial charge in [0.1, 0.15) is 6.04 Å². The molecule has 0 unspecified atom stereocenters. The number of anilines is 1. The zero-order chi connectivity index (χ0) is 22.2. The highest BCUT2D eigenvalue weighted by molar-refractivity contribution is 5.83. The number of carbonyl (C=O) groups excluding carboxylic acids is 1. The predicted octanol–water partition coefficient (Wildman–Crippen LogP) is 3.85. The van der Waals surface area contributed by atoms with E-state index >= 15 is 0 Å². The minimum Gasteiger partial charge on any atom is -0.369 e. The lowest BCUT2D eigenvalue weighted by Gasteiger charge is -2.36. The van der Waals surface area contributed by atoms with Crippen LogP contribution in [0.25, 0.3) is 0 Å². The van der Waals surface area contributed by atoms with Crippen LogP contribution in [0.15, 0.2) is 54.6 Å². The van der Waals surface area contributed by atoms with E-state index < -0.39 is 0 Å². The Morgan fingerprint density at radius 2 is 1.66 bits per heavy atom. The second kappa shape index (κ2) is 11.5. The number of benzene rings is 2. The summed E-state index contributed by atoms with van der Waals surface area (Å²) in [6.07, 6.45) is 4.54. The molecule has 0 spiro atoms. The van der Waals surface area contributed by atoms with Gasteiger partial charge >= 0.3 is 0 Å². The fraction of sp³-hybridized carbons (Fsp3) is 0.519. The third kappa shape index (κ3) is 6.11. The lowest BCUT2D eigenvalue weighted by Crippen LogP contribution is -2.46. The Morgan fingerprint density at radius 3 is 2.38 bits per heavy atom. The van der Waals surface area contributed by atoms with Crippen LogP contribution in [-0.4, -0.2) is 68.1 Å². The summed E-state index contributed by atoms with van der Waals surface area (Å²) in [4.78, 5) is 20.4. The first-order chi connectivity index (χ1) is 15.7. The van der Waals surface area contributed by atoms with E-state index in [4.69, 9.17) is 0 Å². The van der Waals surface area contributed by atoms with Gasteiger partial charge in [0.25, 0.3) is 0 Å². The molecular weight excluding hydrogens is 396 g/mol. The minimum atomic E-state index is -0.145. The van der Waals surface area contributed by atoms with Crippen molar-refractivity contribution in [3.05, 3.63) is 65.7 Å². The summed E-state index contributed by atoms with van der Waals surface area (Å²) < 4.78 is 0. The van der Waals surface area contributed by atoms with Crippen LogP contribution in [0.2, 0.25) is 0 Å². The van der Waals surface area contributed by atoms with E-state index in [-0.39, 0.29) is 11.9 Å². The van der Waals surface area contributed by atoms with Gasteiger partial charge in [-0.3, -0.25) is 14.6 Å². The van der Waals surface area contributed by atoms with Crippen molar-refractivity contribution in [3.63, 3.8) is 0 Å². The highest BCUT2D eigenvalue weighted by atomic mass is 16.2. The number of hydrogen-bond donors (Lipinski definition) is 1. The van der Waals surface area contributed by atoms with Crippen molar-refractivity contribution < 1.29 is 4.79 Å². The third-order valence-electron chi connectivity index (χ3n) is 6.81. The summed E-state index contributed by atoms with van der Waals surface area (Å²) >= 11 is 0. The molecular formula is C27H38N4O. The van der Waals surface area contributed by atoms with Crippen LogP contribution in [0.3, 0.4) is 0 Å². The number of hydrogen-bond acceptors (Lipinski definition) is 4. The summed E-state index contributed by atoms with van der Waals surface area (Å²) in [6, 6.07) is 18.9.